The van der Waals surface area contributed by atoms with E-state index in [1.54, 1.807) is 6.20 Å². The maximum Gasteiger partial charge on any atom is 0.274 e. The Labute approximate surface area is 183 Å². The van der Waals surface area contributed by atoms with Crippen molar-refractivity contribution in [1.29, 1.82) is 0 Å². The van der Waals surface area contributed by atoms with Crippen molar-refractivity contribution in [2.75, 3.05) is 44.4 Å². The summed E-state index contributed by atoms with van der Waals surface area (Å²) in [6, 6.07) is 11.2. The van der Waals surface area contributed by atoms with Gasteiger partial charge in [-0.25, -0.2) is 4.98 Å². The van der Waals surface area contributed by atoms with Gasteiger partial charge in [0.15, 0.2) is 11.5 Å². The lowest BCUT2D eigenvalue weighted by molar-refractivity contribution is 0.122. The molecule has 0 spiro atoms. The predicted octanol–water partition coefficient (Wildman–Crippen LogP) is 2.36. The Kier molecular flexibility index (Phi) is 4.53. The van der Waals surface area contributed by atoms with Crippen LogP contribution in [0.3, 0.4) is 0 Å². The van der Waals surface area contributed by atoms with Crippen LogP contribution in [0.25, 0.3) is 28.0 Å². The summed E-state index contributed by atoms with van der Waals surface area (Å²) >= 11 is 0. The number of pyridine rings is 1. The molecule has 9 heteroatoms. The van der Waals surface area contributed by atoms with E-state index >= 15 is 0 Å². The second-order valence-corrected chi connectivity index (χ2v) is 7.70. The van der Waals surface area contributed by atoms with Crippen LogP contribution in [0.4, 0.5) is 5.82 Å². The molecule has 0 radical (unpaired) electrons. The molecule has 0 atom stereocenters. The van der Waals surface area contributed by atoms with Crippen LogP contribution in [-0.4, -0.2) is 59.1 Å². The first kappa shape index (κ1) is 18.9. The normalized spacial score (nSPS) is 15.8. The van der Waals surface area contributed by atoms with Crippen LogP contribution in [0.15, 0.2) is 53.6 Å². The Morgan fingerprint density at radius 3 is 2.50 bits per heavy atom. The third-order valence-electron chi connectivity index (χ3n) is 5.75. The highest BCUT2D eigenvalue weighted by atomic mass is 16.6. The number of nitrogens with one attached hydrogen (secondary N) is 1. The summed E-state index contributed by atoms with van der Waals surface area (Å²) in [6.45, 7) is 4.12. The van der Waals surface area contributed by atoms with E-state index in [2.05, 4.69) is 20.0 Å². The van der Waals surface area contributed by atoms with Crippen LogP contribution in [0.2, 0.25) is 0 Å². The number of hydrogen-bond donors (Lipinski definition) is 1. The van der Waals surface area contributed by atoms with Crippen LogP contribution in [0.1, 0.15) is 0 Å². The average molecular weight is 431 g/mol. The topological polar surface area (TPSA) is 94.0 Å². The van der Waals surface area contributed by atoms with Gasteiger partial charge in [-0.1, -0.05) is 0 Å². The lowest BCUT2D eigenvalue weighted by Crippen LogP contribution is -2.36. The molecular weight excluding hydrogens is 410 g/mol. The van der Waals surface area contributed by atoms with Crippen molar-refractivity contribution in [2.45, 2.75) is 0 Å². The minimum Gasteiger partial charge on any atom is -0.486 e. The highest BCUT2D eigenvalue weighted by Gasteiger charge is 2.17. The SMILES string of the molecule is O=c1cc(-c2ccc3c(c2)OCCO3)[nH]c2c(-c3ccc(N4CCOCC4)nc3)cnn12. The average Bonchev–Trinajstić information content (AvgIpc) is 3.29. The summed E-state index contributed by atoms with van der Waals surface area (Å²) in [7, 11) is 0. The Bertz CT molecular complexity index is 1340. The molecule has 32 heavy (non-hydrogen) atoms. The number of benzene rings is 1. The second kappa shape index (κ2) is 7.69. The Hall–Kier alpha value is -3.85. The molecule has 2 aliphatic heterocycles. The molecule has 0 saturated carbocycles. The Morgan fingerprint density at radius 1 is 0.875 bits per heavy atom. The number of aromatic nitrogens is 4. The molecule has 9 nitrogen and oxygen atoms in total. The quantitative estimate of drug-likeness (QED) is 0.532. The van der Waals surface area contributed by atoms with Gasteiger partial charge in [-0.3, -0.25) is 4.79 Å². The number of H-pyrrole nitrogens is 1. The van der Waals surface area contributed by atoms with E-state index in [0.717, 1.165) is 35.6 Å². The molecule has 3 aromatic heterocycles. The van der Waals surface area contributed by atoms with E-state index in [1.807, 2.05) is 36.5 Å². The molecule has 0 amide bonds. The Balaban J connectivity index is 1.39. The largest absolute Gasteiger partial charge is 0.486 e. The molecule has 0 unspecified atom stereocenters. The first-order chi connectivity index (χ1) is 15.8. The number of anilines is 1. The number of rotatable bonds is 3. The van der Waals surface area contributed by atoms with Crippen LogP contribution >= 0.6 is 0 Å². The molecule has 1 saturated heterocycles. The van der Waals surface area contributed by atoms with E-state index in [1.165, 1.54) is 10.6 Å². The third kappa shape index (κ3) is 3.27. The van der Waals surface area contributed by atoms with Crippen LogP contribution in [0, 0.1) is 0 Å². The lowest BCUT2D eigenvalue weighted by atomic mass is 10.1. The molecule has 1 aromatic carbocycles. The second-order valence-electron chi connectivity index (χ2n) is 7.70. The number of aromatic amines is 1. The van der Waals surface area contributed by atoms with Gasteiger partial charge >= 0.3 is 0 Å². The number of ether oxygens (including phenoxy) is 3. The van der Waals surface area contributed by atoms with E-state index in [-0.39, 0.29) is 5.56 Å². The summed E-state index contributed by atoms with van der Waals surface area (Å²) in [4.78, 5) is 22.9. The fourth-order valence-corrected chi connectivity index (χ4v) is 4.09. The summed E-state index contributed by atoms with van der Waals surface area (Å²) in [5.74, 6) is 2.30. The summed E-state index contributed by atoms with van der Waals surface area (Å²) < 4.78 is 18.1. The van der Waals surface area contributed by atoms with Gasteiger partial charge < -0.3 is 24.1 Å². The summed E-state index contributed by atoms with van der Waals surface area (Å²) in [5.41, 5.74) is 3.60. The zero-order chi connectivity index (χ0) is 21.5. The van der Waals surface area contributed by atoms with Crippen LogP contribution in [-0.2, 0) is 4.74 Å². The molecule has 162 valence electrons. The Morgan fingerprint density at radius 2 is 1.69 bits per heavy atom. The number of fused-ring (bicyclic) bond motifs is 2. The minimum atomic E-state index is -0.215. The van der Waals surface area contributed by atoms with E-state index < -0.39 is 0 Å². The van der Waals surface area contributed by atoms with Gasteiger partial charge in [-0.05, 0) is 30.3 Å². The van der Waals surface area contributed by atoms with Gasteiger partial charge in [0.25, 0.3) is 5.56 Å². The zero-order valence-corrected chi connectivity index (χ0v) is 17.3. The molecule has 4 aromatic rings. The van der Waals surface area contributed by atoms with Crippen molar-refractivity contribution in [3.63, 3.8) is 0 Å². The molecule has 1 fully saturated rings. The number of morpholine rings is 1. The van der Waals surface area contributed by atoms with Gasteiger partial charge in [-0.15, -0.1) is 0 Å². The lowest BCUT2D eigenvalue weighted by Gasteiger charge is -2.27. The first-order valence-corrected chi connectivity index (χ1v) is 10.6. The summed E-state index contributed by atoms with van der Waals surface area (Å²) in [5, 5.41) is 4.29. The smallest absolute Gasteiger partial charge is 0.274 e. The fraction of sp³-hybridized carbons (Fsp3) is 0.261. The number of nitrogens with zero attached hydrogens (tertiary/aromatic N) is 4. The van der Waals surface area contributed by atoms with Crippen molar-refractivity contribution < 1.29 is 14.2 Å². The van der Waals surface area contributed by atoms with Crippen molar-refractivity contribution in [1.82, 2.24) is 19.6 Å². The molecule has 0 aliphatic carbocycles. The van der Waals surface area contributed by atoms with Crippen molar-refractivity contribution in [2.24, 2.45) is 0 Å². The summed E-state index contributed by atoms with van der Waals surface area (Å²) in [6.07, 6.45) is 3.50. The third-order valence-corrected chi connectivity index (χ3v) is 5.75. The zero-order valence-electron chi connectivity index (χ0n) is 17.3. The van der Waals surface area contributed by atoms with Crippen molar-refractivity contribution >= 4 is 11.5 Å². The molecule has 1 N–H and O–H groups in total. The van der Waals surface area contributed by atoms with E-state index in [4.69, 9.17) is 14.2 Å². The van der Waals surface area contributed by atoms with Crippen LogP contribution in [0.5, 0.6) is 11.5 Å². The monoisotopic (exact) mass is 431 g/mol. The van der Waals surface area contributed by atoms with Gasteiger partial charge in [0.05, 0.1) is 25.1 Å². The molecule has 5 heterocycles. The number of hydrogen-bond acceptors (Lipinski definition) is 7. The van der Waals surface area contributed by atoms with Crippen molar-refractivity contribution in [3.8, 4) is 33.9 Å². The molecular formula is C23H21N5O4. The minimum absolute atomic E-state index is 0.215. The highest BCUT2D eigenvalue weighted by Crippen LogP contribution is 2.34. The molecule has 0 bridgehead atoms. The molecule has 2 aliphatic rings. The van der Waals surface area contributed by atoms with E-state index in [0.29, 0.717) is 49.3 Å². The van der Waals surface area contributed by atoms with E-state index in [9.17, 15) is 4.79 Å². The van der Waals surface area contributed by atoms with Gasteiger partial charge in [0.2, 0.25) is 0 Å². The van der Waals surface area contributed by atoms with Crippen molar-refractivity contribution in [3.05, 3.63) is 59.1 Å². The fourth-order valence-electron chi connectivity index (χ4n) is 4.09. The standard InChI is InChI=1S/C23H21N5O4/c29-22-12-18(15-1-3-19-20(11-15)32-10-9-31-19)26-23-17(14-25-28(22)23)16-2-4-21(24-13-16)27-5-7-30-8-6-27/h1-4,11-14,26H,5-10H2. The highest BCUT2D eigenvalue weighted by molar-refractivity contribution is 5.78. The molecule has 6 rings (SSSR count). The predicted molar refractivity (Wildman–Crippen MR) is 119 cm³/mol. The van der Waals surface area contributed by atoms with Gasteiger partial charge in [0, 0.05) is 42.0 Å². The van der Waals surface area contributed by atoms with Gasteiger partial charge in [-0.2, -0.15) is 9.61 Å². The maximum atomic E-state index is 12.8. The van der Waals surface area contributed by atoms with Gasteiger partial charge in [0.1, 0.15) is 24.7 Å². The first-order valence-electron chi connectivity index (χ1n) is 10.6. The maximum absolute atomic E-state index is 12.8. The van der Waals surface area contributed by atoms with Crippen LogP contribution < -0.4 is 19.9 Å².